The van der Waals surface area contributed by atoms with E-state index in [1.807, 2.05) is 0 Å². The van der Waals surface area contributed by atoms with Crippen LogP contribution in [0.4, 0.5) is 0 Å². The molecule has 9 aromatic carbocycles. The topological polar surface area (TPSA) is 23.0 Å². The molecule has 60 heavy (non-hydrogen) atoms. The Morgan fingerprint density at radius 1 is 0.350 bits per heavy atom. The van der Waals surface area contributed by atoms with Gasteiger partial charge >= 0.3 is 0 Å². The minimum atomic E-state index is -0.0975. The van der Waals surface area contributed by atoms with Gasteiger partial charge in [-0.25, -0.2) is 0 Å². The molecule has 1 aliphatic rings. The Morgan fingerprint density at radius 3 is 1.67 bits per heavy atom. The predicted molar refractivity (Wildman–Crippen MR) is 251 cm³/mol. The summed E-state index contributed by atoms with van der Waals surface area (Å²) >= 11 is 0. The quantitative estimate of drug-likeness (QED) is 0.175. The standard InChI is InChI=1S/C57H38N2O/c1-57(2)46-25-11-9-20-39(46)43-33-45-44-32-35(30-31-49(44)59(51(45)34-47(43)57)37-18-7-4-8-19-37)38-22-14-28-52-55(38)56-41(24-15-29-53(56)60-52)40-23-13-27-50-54(40)42-21-10-12-26-48(42)58(50)36-16-5-3-6-17-36/h3-34H,1-2H3. The predicted octanol–water partition coefficient (Wildman–Crippen LogP) is 15.4. The molecule has 0 saturated heterocycles. The lowest BCUT2D eigenvalue weighted by molar-refractivity contribution is 0.661. The van der Waals surface area contributed by atoms with Crippen molar-refractivity contribution < 1.29 is 4.42 Å². The Labute approximate surface area is 347 Å². The second kappa shape index (κ2) is 12.2. The van der Waals surface area contributed by atoms with Crippen LogP contribution in [0.2, 0.25) is 0 Å². The number of benzene rings is 9. The van der Waals surface area contributed by atoms with Crippen LogP contribution in [-0.2, 0) is 5.41 Å². The highest BCUT2D eigenvalue weighted by atomic mass is 16.3. The van der Waals surface area contributed by atoms with E-state index in [1.165, 1.54) is 77.0 Å². The highest BCUT2D eigenvalue weighted by molar-refractivity contribution is 6.23. The highest BCUT2D eigenvalue weighted by Crippen LogP contribution is 2.52. The Balaban J connectivity index is 1.08. The van der Waals surface area contributed by atoms with Crippen LogP contribution in [0.25, 0.3) is 110 Å². The van der Waals surface area contributed by atoms with Gasteiger partial charge in [-0.05, 0) is 117 Å². The zero-order valence-electron chi connectivity index (χ0n) is 33.3. The zero-order chi connectivity index (χ0) is 39.7. The third-order valence-corrected chi connectivity index (χ3v) is 13.3. The van der Waals surface area contributed by atoms with Gasteiger partial charge in [0.25, 0.3) is 0 Å². The van der Waals surface area contributed by atoms with E-state index in [4.69, 9.17) is 4.42 Å². The van der Waals surface area contributed by atoms with Gasteiger partial charge < -0.3 is 13.6 Å². The largest absolute Gasteiger partial charge is 0.456 e. The van der Waals surface area contributed by atoms with E-state index >= 15 is 0 Å². The molecule has 0 radical (unpaired) electrons. The Bertz CT molecular complexity index is 3730. The van der Waals surface area contributed by atoms with Gasteiger partial charge in [-0.1, -0.05) is 135 Å². The summed E-state index contributed by atoms with van der Waals surface area (Å²) in [6.45, 7) is 4.73. The first-order valence-electron chi connectivity index (χ1n) is 20.9. The number of hydrogen-bond donors (Lipinski definition) is 0. The van der Waals surface area contributed by atoms with E-state index in [0.717, 1.165) is 44.4 Å². The summed E-state index contributed by atoms with van der Waals surface area (Å²) in [7, 11) is 0. The first kappa shape index (κ1) is 33.4. The number of rotatable bonds is 4. The molecule has 13 rings (SSSR count). The van der Waals surface area contributed by atoms with E-state index in [0.29, 0.717) is 0 Å². The molecular weight excluding hydrogens is 729 g/mol. The lowest BCUT2D eigenvalue weighted by Crippen LogP contribution is -2.14. The van der Waals surface area contributed by atoms with Crippen molar-refractivity contribution in [3.05, 3.63) is 205 Å². The van der Waals surface area contributed by atoms with E-state index in [1.54, 1.807) is 0 Å². The van der Waals surface area contributed by atoms with Crippen LogP contribution in [0.15, 0.2) is 199 Å². The van der Waals surface area contributed by atoms with Gasteiger partial charge in [-0.2, -0.15) is 0 Å². The van der Waals surface area contributed by atoms with Gasteiger partial charge in [0, 0.05) is 49.1 Å². The first-order chi connectivity index (χ1) is 29.5. The van der Waals surface area contributed by atoms with Crippen molar-refractivity contribution in [2.45, 2.75) is 19.3 Å². The van der Waals surface area contributed by atoms with Gasteiger partial charge in [0.1, 0.15) is 11.2 Å². The summed E-state index contributed by atoms with van der Waals surface area (Å²) < 4.78 is 11.6. The fourth-order valence-corrected chi connectivity index (χ4v) is 10.7. The van der Waals surface area contributed by atoms with Gasteiger partial charge in [0.15, 0.2) is 0 Å². The van der Waals surface area contributed by atoms with Gasteiger partial charge in [-0.3, -0.25) is 0 Å². The number of nitrogens with zero attached hydrogens (tertiary/aromatic N) is 2. The van der Waals surface area contributed by atoms with Crippen LogP contribution in [0.3, 0.4) is 0 Å². The van der Waals surface area contributed by atoms with Crippen molar-refractivity contribution in [1.82, 2.24) is 9.13 Å². The fraction of sp³-hybridized carbons (Fsp3) is 0.0526. The fourth-order valence-electron chi connectivity index (χ4n) is 10.7. The summed E-state index contributed by atoms with van der Waals surface area (Å²) in [5.41, 5.74) is 18.9. The molecule has 0 aliphatic heterocycles. The molecule has 282 valence electrons. The normalized spacial score (nSPS) is 13.3. The molecule has 0 spiro atoms. The third kappa shape index (κ3) is 4.49. The number of aromatic nitrogens is 2. The van der Waals surface area contributed by atoms with Gasteiger partial charge in [0.05, 0.1) is 22.1 Å². The zero-order valence-corrected chi connectivity index (χ0v) is 33.3. The first-order valence-corrected chi connectivity index (χ1v) is 20.9. The van der Waals surface area contributed by atoms with Crippen molar-refractivity contribution in [3.8, 4) is 44.8 Å². The van der Waals surface area contributed by atoms with Crippen LogP contribution in [0, 0.1) is 0 Å². The molecular formula is C57H38N2O. The van der Waals surface area contributed by atoms with E-state index < -0.39 is 0 Å². The lowest BCUT2D eigenvalue weighted by Gasteiger charge is -2.21. The summed E-state index contributed by atoms with van der Waals surface area (Å²) in [5, 5.41) is 7.23. The molecule has 3 heteroatoms. The van der Waals surface area contributed by atoms with E-state index in [-0.39, 0.29) is 5.41 Å². The summed E-state index contributed by atoms with van der Waals surface area (Å²) in [6, 6.07) is 71.0. The molecule has 3 heterocycles. The lowest BCUT2D eigenvalue weighted by atomic mass is 9.82. The maximum absolute atomic E-state index is 6.76. The maximum Gasteiger partial charge on any atom is 0.136 e. The molecule has 0 bridgehead atoms. The Kier molecular flexibility index (Phi) is 6.78. The summed E-state index contributed by atoms with van der Waals surface area (Å²) in [5.74, 6) is 0. The van der Waals surface area contributed by atoms with Crippen LogP contribution >= 0.6 is 0 Å². The summed E-state index contributed by atoms with van der Waals surface area (Å²) in [6.07, 6.45) is 0. The van der Waals surface area contributed by atoms with Gasteiger partial charge in [0.2, 0.25) is 0 Å². The van der Waals surface area contributed by atoms with Crippen LogP contribution in [-0.4, -0.2) is 9.13 Å². The van der Waals surface area contributed by atoms with E-state index in [9.17, 15) is 0 Å². The number of fused-ring (bicyclic) bond motifs is 12. The molecule has 0 unspecified atom stereocenters. The number of furan rings is 1. The van der Waals surface area contributed by atoms with Crippen LogP contribution in [0.5, 0.6) is 0 Å². The molecule has 3 aromatic heterocycles. The van der Waals surface area contributed by atoms with Crippen LogP contribution < -0.4 is 0 Å². The average molecular weight is 767 g/mol. The minimum absolute atomic E-state index is 0.0975. The molecule has 0 N–H and O–H groups in total. The molecule has 0 fully saturated rings. The Morgan fingerprint density at radius 2 is 0.900 bits per heavy atom. The van der Waals surface area contributed by atoms with Crippen molar-refractivity contribution in [2.75, 3.05) is 0 Å². The van der Waals surface area contributed by atoms with Crippen molar-refractivity contribution in [2.24, 2.45) is 0 Å². The average Bonchev–Trinajstić information content (AvgIpc) is 4.01. The number of hydrogen-bond acceptors (Lipinski definition) is 1. The molecule has 3 nitrogen and oxygen atoms in total. The third-order valence-electron chi connectivity index (χ3n) is 13.3. The van der Waals surface area contributed by atoms with Crippen molar-refractivity contribution in [1.29, 1.82) is 0 Å². The second-order valence-electron chi connectivity index (χ2n) is 16.8. The molecule has 0 amide bonds. The molecule has 12 aromatic rings. The maximum atomic E-state index is 6.76. The van der Waals surface area contributed by atoms with Crippen molar-refractivity contribution in [3.63, 3.8) is 0 Å². The SMILES string of the molecule is CC1(C)c2ccccc2-c2cc3c4cc(-c5cccc6oc7cccc(-c8cccc9c8c8ccccc8n9-c8ccccc8)c7c56)ccc4n(-c4ccccc4)c3cc21. The second-order valence-corrected chi connectivity index (χ2v) is 16.8. The minimum Gasteiger partial charge on any atom is -0.456 e. The molecule has 0 saturated carbocycles. The smallest absolute Gasteiger partial charge is 0.136 e. The summed E-state index contributed by atoms with van der Waals surface area (Å²) in [4.78, 5) is 0. The highest BCUT2D eigenvalue weighted by Gasteiger charge is 2.36. The molecule has 1 aliphatic carbocycles. The van der Waals surface area contributed by atoms with E-state index in [2.05, 4.69) is 217 Å². The molecule has 0 atom stereocenters. The Hall–Kier alpha value is -7.62. The van der Waals surface area contributed by atoms with Crippen LogP contribution in [0.1, 0.15) is 25.0 Å². The number of para-hydroxylation sites is 3. The van der Waals surface area contributed by atoms with Gasteiger partial charge in [-0.15, -0.1) is 0 Å². The monoisotopic (exact) mass is 766 g/mol. The van der Waals surface area contributed by atoms with Crippen molar-refractivity contribution >= 4 is 65.6 Å².